The van der Waals surface area contributed by atoms with Gasteiger partial charge in [0.05, 0.1) is 5.69 Å². The summed E-state index contributed by atoms with van der Waals surface area (Å²) in [5.41, 5.74) is 0.484. The minimum Gasteiger partial charge on any atom is -0.444 e. The molecule has 0 saturated heterocycles. The van der Waals surface area contributed by atoms with Crippen molar-refractivity contribution in [1.29, 1.82) is 0 Å². The van der Waals surface area contributed by atoms with Crippen molar-refractivity contribution in [2.24, 2.45) is 0 Å². The normalized spacial score (nSPS) is 14.9. The molecule has 1 fully saturated rings. The molecule has 2 amide bonds. The van der Waals surface area contributed by atoms with Crippen LogP contribution in [0.25, 0.3) is 0 Å². The van der Waals surface area contributed by atoms with E-state index in [0.29, 0.717) is 16.6 Å². The lowest BCUT2D eigenvalue weighted by atomic mass is 10.2. The summed E-state index contributed by atoms with van der Waals surface area (Å²) in [6, 6.07) is 0. The molecule has 2 N–H and O–H groups in total. The van der Waals surface area contributed by atoms with Crippen molar-refractivity contribution in [2.45, 2.75) is 71.5 Å². The second kappa shape index (κ2) is 6.63. The number of hydrogen-bond donors (Lipinski definition) is 2. The van der Waals surface area contributed by atoms with Gasteiger partial charge < -0.3 is 9.47 Å². The van der Waals surface area contributed by atoms with Gasteiger partial charge in [-0.15, -0.1) is 11.3 Å². The maximum absolute atomic E-state index is 12.1. The predicted octanol–water partition coefficient (Wildman–Crippen LogP) is 5.32. The molecule has 1 aromatic rings. The Bertz CT molecular complexity index is 622. The van der Waals surface area contributed by atoms with E-state index >= 15 is 0 Å². The zero-order valence-corrected chi connectivity index (χ0v) is 15.9. The summed E-state index contributed by atoms with van der Waals surface area (Å²) in [6.45, 7) is 10.8. The molecule has 1 aliphatic carbocycles. The van der Waals surface area contributed by atoms with Crippen molar-refractivity contribution in [1.82, 2.24) is 0 Å². The quantitative estimate of drug-likeness (QED) is 0.770. The van der Waals surface area contributed by atoms with Crippen LogP contribution >= 0.6 is 11.3 Å². The van der Waals surface area contributed by atoms with Gasteiger partial charge in [0, 0.05) is 0 Å². The highest BCUT2D eigenvalue weighted by Crippen LogP contribution is 2.48. The van der Waals surface area contributed by atoms with E-state index in [9.17, 15) is 9.59 Å². The molecule has 0 radical (unpaired) electrons. The van der Waals surface area contributed by atoms with E-state index in [0.717, 1.165) is 18.4 Å². The minimum atomic E-state index is -0.585. The second-order valence-corrected chi connectivity index (χ2v) is 8.80. The third-order valence-electron chi connectivity index (χ3n) is 3.08. The summed E-state index contributed by atoms with van der Waals surface area (Å²) in [4.78, 5) is 24.1. The highest BCUT2D eigenvalue weighted by Gasteiger charge is 2.31. The van der Waals surface area contributed by atoms with Crippen molar-refractivity contribution in [2.75, 3.05) is 10.6 Å². The van der Waals surface area contributed by atoms with Gasteiger partial charge in [0.2, 0.25) is 0 Å². The highest BCUT2D eigenvalue weighted by atomic mass is 32.1. The van der Waals surface area contributed by atoms with Crippen LogP contribution in [-0.2, 0) is 9.47 Å². The Morgan fingerprint density at radius 3 is 1.96 bits per heavy atom. The summed E-state index contributed by atoms with van der Waals surface area (Å²) in [5.74, 6) is 0.431. The molecule has 1 saturated carbocycles. The van der Waals surface area contributed by atoms with Crippen molar-refractivity contribution in [3.63, 3.8) is 0 Å². The van der Waals surface area contributed by atoms with Crippen LogP contribution in [0.2, 0.25) is 0 Å². The first-order chi connectivity index (χ1) is 10.9. The van der Waals surface area contributed by atoms with Gasteiger partial charge in [-0.3, -0.25) is 10.6 Å². The number of rotatable bonds is 3. The maximum Gasteiger partial charge on any atom is 0.412 e. The number of carbonyl (C=O) groups excluding carboxylic acids is 2. The zero-order valence-electron chi connectivity index (χ0n) is 15.1. The summed E-state index contributed by atoms with van der Waals surface area (Å²) < 4.78 is 10.6. The van der Waals surface area contributed by atoms with Gasteiger partial charge in [0.15, 0.2) is 0 Å². The first-order valence-electron chi connectivity index (χ1n) is 8.06. The van der Waals surface area contributed by atoms with E-state index in [-0.39, 0.29) is 0 Å². The van der Waals surface area contributed by atoms with Crippen LogP contribution < -0.4 is 10.6 Å². The maximum atomic E-state index is 12.1. The monoisotopic (exact) mass is 354 g/mol. The fraction of sp³-hybridized carbons (Fsp3) is 0.647. The van der Waals surface area contributed by atoms with E-state index in [2.05, 4.69) is 10.6 Å². The standard InChI is InChI=1S/C17H26N2O4S/c1-16(2,3)22-14(20)18-12-11(10-7-8-10)9-24-13(12)19-15(21)23-17(4,5)6/h9-10H,7-8H2,1-6H3,(H,18,20)(H,19,21). The van der Waals surface area contributed by atoms with Gasteiger partial charge in [-0.1, -0.05) is 0 Å². The number of ether oxygens (including phenoxy) is 2. The Morgan fingerprint density at radius 2 is 1.50 bits per heavy atom. The van der Waals surface area contributed by atoms with Gasteiger partial charge in [-0.05, 0) is 71.2 Å². The molecule has 0 atom stereocenters. The summed E-state index contributed by atoms with van der Waals surface area (Å²) in [5, 5.41) is 8.05. The molecule has 1 aromatic heterocycles. The summed E-state index contributed by atoms with van der Waals surface area (Å²) in [7, 11) is 0. The Morgan fingerprint density at radius 1 is 1.00 bits per heavy atom. The van der Waals surface area contributed by atoms with Gasteiger partial charge >= 0.3 is 12.2 Å². The molecular weight excluding hydrogens is 328 g/mol. The van der Waals surface area contributed by atoms with Crippen molar-refractivity contribution >= 4 is 34.2 Å². The summed E-state index contributed by atoms with van der Waals surface area (Å²) in [6.07, 6.45) is 1.10. The molecule has 7 heteroatoms. The molecule has 0 aliphatic heterocycles. The number of anilines is 2. The van der Waals surface area contributed by atoms with Crippen LogP contribution in [0.4, 0.5) is 20.3 Å². The molecule has 0 unspecified atom stereocenters. The smallest absolute Gasteiger partial charge is 0.412 e. The molecule has 2 rings (SSSR count). The Labute approximate surface area is 146 Å². The lowest BCUT2D eigenvalue weighted by molar-refractivity contribution is 0.0621. The fourth-order valence-electron chi connectivity index (χ4n) is 2.09. The molecule has 6 nitrogen and oxygen atoms in total. The Balaban J connectivity index is 2.14. The predicted molar refractivity (Wildman–Crippen MR) is 96.0 cm³/mol. The molecule has 0 aromatic carbocycles. The molecule has 1 aliphatic rings. The Hall–Kier alpha value is -1.76. The number of thiophene rings is 1. The highest BCUT2D eigenvalue weighted by molar-refractivity contribution is 7.15. The Kier molecular flexibility index (Phi) is 5.13. The van der Waals surface area contributed by atoms with E-state index in [1.807, 2.05) is 26.2 Å². The van der Waals surface area contributed by atoms with Crippen LogP contribution in [-0.4, -0.2) is 23.4 Å². The largest absolute Gasteiger partial charge is 0.444 e. The SMILES string of the molecule is CC(C)(C)OC(=O)Nc1scc(C2CC2)c1NC(=O)OC(C)(C)C. The van der Waals surface area contributed by atoms with Crippen LogP contribution in [0.1, 0.15) is 65.9 Å². The average molecular weight is 354 g/mol. The van der Waals surface area contributed by atoms with E-state index < -0.39 is 23.4 Å². The first-order valence-corrected chi connectivity index (χ1v) is 8.94. The molecule has 1 heterocycles. The molecule has 134 valence electrons. The van der Waals surface area contributed by atoms with E-state index in [1.165, 1.54) is 11.3 Å². The molecular formula is C17H26N2O4S. The number of amides is 2. The second-order valence-electron chi connectivity index (χ2n) is 7.92. The van der Waals surface area contributed by atoms with E-state index in [4.69, 9.17) is 9.47 Å². The molecule has 24 heavy (non-hydrogen) atoms. The minimum absolute atomic E-state index is 0.431. The van der Waals surface area contributed by atoms with Crippen LogP contribution in [0.3, 0.4) is 0 Å². The lowest BCUT2D eigenvalue weighted by Crippen LogP contribution is -2.29. The zero-order chi connectivity index (χ0) is 18.1. The topological polar surface area (TPSA) is 76.7 Å². The molecule has 0 spiro atoms. The third-order valence-corrected chi connectivity index (χ3v) is 3.99. The van der Waals surface area contributed by atoms with Gasteiger partial charge in [0.25, 0.3) is 0 Å². The van der Waals surface area contributed by atoms with Crippen LogP contribution in [0.5, 0.6) is 0 Å². The molecule has 0 bridgehead atoms. The van der Waals surface area contributed by atoms with Crippen LogP contribution in [0.15, 0.2) is 5.38 Å². The summed E-state index contributed by atoms with van der Waals surface area (Å²) >= 11 is 1.38. The van der Waals surface area contributed by atoms with Crippen LogP contribution in [0, 0.1) is 0 Å². The van der Waals surface area contributed by atoms with Crippen molar-refractivity contribution in [3.8, 4) is 0 Å². The first kappa shape index (κ1) is 18.6. The van der Waals surface area contributed by atoms with Crippen molar-refractivity contribution in [3.05, 3.63) is 10.9 Å². The number of hydrogen-bond acceptors (Lipinski definition) is 5. The van der Waals surface area contributed by atoms with Crippen molar-refractivity contribution < 1.29 is 19.1 Å². The number of nitrogens with one attached hydrogen (secondary N) is 2. The van der Waals surface area contributed by atoms with Gasteiger partial charge in [-0.25, -0.2) is 9.59 Å². The van der Waals surface area contributed by atoms with Gasteiger partial charge in [0.1, 0.15) is 16.2 Å². The average Bonchev–Trinajstić information content (AvgIpc) is 3.11. The lowest BCUT2D eigenvalue weighted by Gasteiger charge is -2.21. The third kappa shape index (κ3) is 5.70. The fourth-order valence-corrected chi connectivity index (χ4v) is 3.07. The van der Waals surface area contributed by atoms with Gasteiger partial charge in [-0.2, -0.15) is 0 Å². The van der Waals surface area contributed by atoms with E-state index in [1.54, 1.807) is 20.8 Å². The number of carbonyl (C=O) groups is 2.